The fourth-order valence-electron chi connectivity index (χ4n) is 2.21. The molecule has 0 unspecified atom stereocenters. The van der Waals surface area contributed by atoms with Gasteiger partial charge in [0.05, 0.1) is 10.7 Å². The lowest BCUT2D eigenvalue weighted by molar-refractivity contribution is 0.145. The Kier molecular flexibility index (Phi) is 3.24. The molecule has 1 aliphatic carbocycles. The van der Waals surface area contributed by atoms with Crippen LogP contribution in [-0.4, -0.2) is 11.5 Å². The molecule has 0 spiro atoms. The van der Waals surface area contributed by atoms with E-state index in [1.165, 1.54) is 25.7 Å². The van der Waals surface area contributed by atoms with Gasteiger partial charge in [-0.25, -0.2) is 4.98 Å². The maximum Gasteiger partial charge on any atom is 0.149 e. The average molecular weight is 240 g/mol. The van der Waals surface area contributed by atoms with Crippen molar-refractivity contribution < 1.29 is 0 Å². The van der Waals surface area contributed by atoms with Crippen molar-refractivity contribution in [3.8, 4) is 0 Å². The summed E-state index contributed by atoms with van der Waals surface area (Å²) in [4.78, 5) is 4.21. The van der Waals surface area contributed by atoms with Crippen LogP contribution in [0.3, 0.4) is 0 Å². The summed E-state index contributed by atoms with van der Waals surface area (Å²) < 4.78 is 0. The molecule has 1 aliphatic rings. The quantitative estimate of drug-likeness (QED) is 0.848. The smallest absolute Gasteiger partial charge is 0.149 e. The topological polar surface area (TPSA) is 50.9 Å². The average Bonchev–Trinajstić information content (AvgIpc) is 2.19. The van der Waals surface area contributed by atoms with Gasteiger partial charge in [0.1, 0.15) is 5.82 Å². The predicted octanol–water partition coefficient (Wildman–Crippen LogP) is 3.31. The van der Waals surface area contributed by atoms with Gasteiger partial charge in [-0.15, -0.1) is 0 Å². The Hall–Kier alpha value is -0.960. The molecule has 16 heavy (non-hydrogen) atoms. The van der Waals surface area contributed by atoms with Gasteiger partial charge >= 0.3 is 0 Å². The number of anilines is 2. The van der Waals surface area contributed by atoms with Crippen molar-refractivity contribution in [1.29, 1.82) is 0 Å². The van der Waals surface area contributed by atoms with Gasteiger partial charge in [0.2, 0.25) is 0 Å². The van der Waals surface area contributed by atoms with Crippen molar-refractivity contribution >= 4 is 23.1 Å². The molecule has 0 aromatic carbocycles. The van der Waals surface area contributed by atoms with Crippen molar-refractivity contribution in [1.82, 2.24) is 4.98 Å². The van der Waals surface area contributed by atoms with E-state index in [2.05, 4.69) is 17.2 Å². The standard InChI is InChI=1S/C12H18ClN3/c1-2-12(4-3-5-12)8-16-11-10(14)6-9(13)7-15-11/h6-7H,2-5,8,14H2,1H3,(H,15,16). The molecule has 88 valence electrons. The number of nitrogen functional groups attached to an aromatic ring is 1. The number of hydrogen-bond acceptors (Lipinski definition) is 3. The molecule has 1 heterocycles. The number of halogens is 1. The van der Waals surface area contributed by atoms with Crippen LogP contribution in [0.5, 0.6) is 0 Å². The first-order valence-corrected chi connectivity index (χ1v) is 6.18. The number of nitrogens with zero attached hydrogens (tertiary/aromatic N) is 1. The van der Waals surface area contributed by atoms with E-state index in [-0.39, 0.29) is 0 Å². The van der Waals surface area contributed by atoms with Crippen LogP contribution in [0.25, 0.3) is 0 Å². The fourth-order valence-corrected chi connectivity index (χ4v) is 2.37. The lowest BCUT2D eigenvalue weighted by atomic mass is 9.67. The number of pyridine rings is 1. The first-order chi connectivity index (χ1) is 7.65. The maximum atomic E-state index is 5.84. The van der Waals surface area contributed by atoms with Gasteiger partial charge in [-0.3, -0.25) is 0 Å². The van der Waals surface area contributed by atoms with Crippen molar-refractivity contribution in [2.24, 2.45) is 5.41 Å². The summed E-state index contributed by atoms with van der Waals surface area (Å²) in [6.07, 6.45) is 6.81. The van der Waals surface area contributed by atoms with Gasteiger partial charge in [-0.1, -0.05) is 24.9 Å². The first-order valence-electron chi connectivity index (χ1n) is 5.80. The molecule has 0 radical (unpaired) electrons. The molecule has 0 atom stereocenters. The molecule has 3 N–H and O–H groups in total. The molecule has 0 aliphatic heterocycles. The Bertz CT molecular complexity index is 369. The highest BCUT2D eigenvalue weighted by atomic mass is 35.5. The summed E-state index contributed by atoms with van der Waals surface area (Å²) in [5.41, 5.74) is 6.93. The number of aromatic nitrogens is 1. The zero-order valence-corrected chi connectivity index (χ0v) is 10.3. The molecule has 1 aromatic heterocycles. The number of rotatable bonds is 4. The minimum absolute atomic E-state index is 0.466. The summed E-state index contributed by atoms with van der Waals surface area (Å²) in [6, 6.07) is 1.73. The number of nitrogens with two attached hydrogens (primary N) is 1. The SMILES string of the molecule is CCC1(CNc2ncc(Cl)cc2N)CCC1. The van der Waals surface area contributed by atoms with Crippen LogP contribution in [0.15, 0.2) is 12.3 Å². The minimum atomic E-state index is 0.466. The molecule has 0 amide bonds. The van der Waals surface area contributed by atoms with Crippen LogP contribution < -0.4 is 11.1 Å². The lowest BCUT2D eigenvalue weighted by Crippen LogP contribution is -2.36. The molecular weight excluding hydrogens is 222 g/mol. The van der Waals surface area contributed by atoms with Crippen LogP contribution in [0.2, 0.25) is 5.02 Å². The third-order valence-electron chi connectivity index (χ3n) is 3.68. The molecule has 0 saturated heterocycles. The Balaban J connectivity index is 1.99. The predicted molar refractivity (Wildman–Crippen MR) is 68.7 cm³/mol. The van der Waals surface area contributed by atoms with Crippen LogP contribution in [0.1, 0.15) is 32.6 Å². The first kappa shape index (κ1) is 11.5. The van der Waals surface area contributed by atoms with Gasteiger partial charge in [0, 0.05) is 12.7 Å². The van der Waals surface area contributed by atoms with Crippen molar-refractivity contribution in [3.05, 3.63) is 17.3 Å². The van der Waals surface area contributed by atoms with E-state index in [0.717, 1.165) is 12.4 Å². The molecular formula is C12H18ClN3. The number of nitrogens with one attached hydrogen (secondary N) is 1. The molecule has 1 fully saturated rings. The van der Waals surface area contributed by atoms with Gasteiger partial charge in [0.25, 0.3) is 0 Å². The third-order valence-corrected chi connectivity index (χ3v) is 3.89. The van der Waals surface area contributed by atoms with E-state index in [0.29, 0.717) is 16.1 Å². The second kappa shape index (κ2) is 4.50. The van der Waals surface area contributed by atoms with Crippen LogP contribution in [0.4, 0.5) is 11.5 Å². The minimum Gasteiger partial charge on any atom is -0.396 e. The van der Waals surface area contributed by atoms with Crippen molar-refractivity contribution in [3.63, 3.8) is 0 Å². The largest absolute Gasteiger partial charge is 0.396 e. The van der Waals surface area contributed by atoms with E-state index in [9.17, 15) is 0 Å². The Morgan fingerprint density at radius 3 is 2.81 bits per heavy atom. The fraction of sp³-hybridized carbons (Fsp3) is 0.583. The Morgan fingerprint density at radius 1 is 1.56 bits per heavy atom. The molecule has 0 bridgehead atoms. The highest BCUT2D eigenvalue weighted by Gasteiger charge is 2.34. The maximum absolute atomic E-state index is 5.84. The van der Waals surface area contributed by atoms with Gasteiger partial charge in [-0.2, -0.15) is 0 Å². The lowest BCUT2D eigenvalue weighted by Gasteiger charge is -2.41. The monoisotopic (exact) mass is 239 g/mol. The summed E-state index contributed by atoms with van der Waals surface area (Å²) >= 11 is 5.80. The molecule has 2 rings (SSSR count). The zero-order valence-electron chi connectivity index (χ0n) is 9.59. The highest BCUT2D eigenvalue weighted by molar-refractivity contribution is 6.30. The van der Waals surface area contributed by atoms with E-state index in [1.807, 2.05) is 0 Å². The Labute approximate surface area is 101 Å². The van der Waals surface area contributed by atoms with E-state index < -0.39 is 0 Å². The Morgan fingerprint density at radius 2 is 2.31 bits per heavy atom. The van der Waals surface area contributed by atoms with Crippen molar-refractivity contribution in [2.75, 3.05) is 17.6 Å². The second-order valence-corrected chi connectivity index (χ2v) is 5.09. The molecule has 3 nitrogen and oxygen atoms in total. The second-order valence-electron chi connectivity index (χ2n) is 4.65. The van der Waals surface area contributed by atoms with Crippen LogP contribution in [-0.2, 0) is 0 Å². The zero-order chi connectivity index (χ0) is 11.6. The molecule has 1 aromatic rings. The van der Waals surface area contributed by atoms with Gasteiger partial charge < -0.3 is 11.1 Å². The summed E-state index contributed by atoms with van der Waals surface area (Å²) in [7, 11) is 0. The summed E-state index contributed by atoms with van der Waals surface area (Å²) in [5, 5.41) is 3.92. The third kappa shape index (κ3) is 2.24. The normalized spacial score (nSPS) is 17.9. The van der Waals surface area contributed by atoms with E-state index in [1.54, 1.807) is 12.3 Å². The van der Waals surface area contributed by atoms with Crippen LogP contribution in [0, 0.1) is 5.41 Å². The molecule has 1 saturated carbocycles. The van der Waals surface area contributed by atoms with E-state index >= 15 is 0 Å². The summed E-state index contributed by atoms with van der Waals surface area (Å²) in [6.45, 7) is 3.21. The number of hydrogen-bond donors (Lipinski definition) is 2. The molecule has 4 heteroatoms. The van der Waals surface area contributed by atoms with Gasteiger partial charge in [-0.05, 0) is 30.7 Å². The highest BCUT2D eigenvalue weighted by Crippen LogP contribution is 2.43. The van der Waals surface area contributed by atoms with Gasteiger partial charge in [0.15, 0.2) is 0 Å². The van der Waals surface area contributed by atoms with Crippen molar-refractivity contribution in [2.45, 2.75) is 32.6 Å². The summed E-state index contributed by atoms with van der Waals surface area (Å²) in [5.74, 6) is 0.754. The van der Waals surface area contributed by atoms with E-state index in [4.69, 9.17) is 17.3 Å². The van der Waals surface area contributed by atoms with Crippen LogP contribution >= 0.6 is 11.6 Å².